The number of alkyl carbamates (subject to hydrolysis) is 1. The second-order valence-electron chi connectivity index (χ2n) is 16.1. The van der Waals surface area contributed by atoms with Crippen molar-refractivity contribution in [2.45, 2.75) is 113 Å². The van der Waals surface area contributed by atoms with Crippen LogP contribution in [0.5, 0.6) is 5.75 Å². The molecule has 3 fully saturated rings. The topological polar surface area (TPSA) is 195 Å². The number of sulfonamides is 1. The zero-order valence-corrected chi connectivity index (χ0v) is 33.5. The maximum atomic E-state index is 14.6. The molecule has 3 aromatic rings. The average Bonchev–Trinajstić information content (AvgIpc) is 4.01. The predicted molar refractivity (Wildman–Crippen MR) is 209 cm³/mol. The van der Waals surface area contributed by atoms with Crippen molar-refractivity contribution in [1.29, 1.82) is 0 Å². The molecule has 4 heterocycles. The van der Waals surface area contributed by atoms with E-state index in [4.69, 9.17) is 9.47 Å². The molecule has 17 heteroatoms. The Labute approximate surface area is 329 Å². The molecule has 1 saturated heterocycles. The summed E-state index contributed by atoms with van der Waals surface area (Å²) in [6.45, 7) is 5.00. The van der Waals surface area contributed by atoms with E-state index in [2.05, 4.69) is 20.5 Å². The summed E-state index contributed by atoms with van der Waals surface area (Å²) in [5.74, 6) is -2.50. The van der Waals surface area contributed by atoms with Gasteiger partial charge in [0.2, 0.25) is 21.8 Å². The van der Waals surface area contributed by atoms with Crippen LogP contribution in [0.25, 0.3) is 21.2 Å². The van der Waals surface area contributed by atoms with E-state index in [0.29, 0.717) is 31.2 Å². The van der Waals surface area contributed by atoms with E-state index in [1.54, 1.807) is 38.3 Å². The first kappa shape index (κ1) is 39.5. The molecule has 0 spiro atoms. The van der Waals surface area contributed by atoms with Crippen molar-refractivity contribution < 1.29 is 37.1 Å². The summed E-state index contributed by atoms with van der Waals surface area (Å²) in [6.07, 6.45) is 8.53. The van der Waals surface area contributed by atoms with Crippen molar-refractivity contribution in [3.05, 3.63) is 58.3 Å². The van der Waals surface area contributed by atoms with Crippen LogP contribution in [-0.2, 0) is 29.1 Å². The second-order valence-corrected chi connectivity index (χ2v) is 19.0. The van der Waals surface area contributed by atoms with Crippen LogP contribution in [0.2, 0.25) is 0 Å². The first-order valence-corrected chi connectivity index (χ1v) is 21.5. The largest absolute Gasteiger partial charge is 0.491 e. The molecule has 4 amide bonds. The summed E-state index contributed by atoms with van der Waals surface area (Å²) in [6, 6.07) is 4.63. The van der Waals surface area contributed by atoms with Crippen LogP contribution in [0.3, 0.4) is 0 Å². The number of ether oxygens (including phenoxy) is 2. The zero-order valence-electron chi connectivity index (χ0n) is 31.9. The van der Waals surface area contributed by atoms with Crippen LogP contribution in [0.4, 0.5) is 4.79 Å². The van der Waals surface area contributed by atoms with Crippen LogP contribution in [0.15, 0.2) is 52.8 Å². The Morgan fingerprint density at radius 3 is 2.57 bits per heavy atom. The minimum absolute atomic E-state index is 0.0449. The number of hydrogen-bond acceptors (Lipinski definition) is 11. The zero-order chi connectivity index (χ0) is 40.0. The maximum absolute atomic E-state index is 14.6. The van der Waals surface area contributed by atoms with E-state index in [1.165, 1.54) is 16.7 Å². The molecule has 300 valence electrons. The Kier molecular flexibility index (Phi) is 10.8. The molecule has 0 bridgehead atoms. The van der Waals surface area contributed by atoms with Gasteiger partial charge in [-0.3, -0.25) is 23.9 Å². The normalized spacial score (nSPS) is 26.5. The van der Waals surface area contributed by atoms with Gasteiger partial charge in [-0.15, -0.1) is 11.3 Å². The molecule has 2 aromatic heterocycles. The average molecular weight is 809 g/mol. The number of carbonyl (C=O) groups is 4. The number of nitrogens with one attached hydrogen (secondary N) is 3. The quantitative estimate of drug-likeness (QED) is 0.292. The Morgan fingerprint density at radius 1 is 1.05 bits per heavy atom. The van der Waals surface area contributed by atoms with Gasteiger partial charge in [-0.1, -0.05) is 37.1 Å². The summed E-state index contributed by atoms with van der Waals surface area (Å²) in [4.78, 5) is 71.4. The van der Waals surface area contributed by atoms with E-state index in [1.807, 2.05) is 41.8 Å². The highest BCUT2D eigenvalue weighted by atomic mass is 32.2. The third kappa shape index (κ3) is 8.06. The van der Waals surface area contributed by atoms with Gasteiger partial charge in [-0.05, 0) is 82.4 Å². The number of nitrogens with zero attached hydrogens (tertiary/aromatic N) is 3. The third-order valence-electron chi connectivity index (χ3n) is 10.8. The van der Waals surface area contributed by atoms with Gasteiger partial charge in [0.1, 0.15) is 23.2 Å². The van der Waals surface area contributed by atoms with Crippen LogP contribution < -0.4 is 25.7 Å². The van der Waals surface area contributed by atoms with Crippen molar-refractivity contribution in [3.63, 3.8) is 0 Å². The summed E-state index contributed by atoms with van der Waals surface area (Å²) in [5, 5.41) is 12.4. The lowest BCUT2D eigenvalue weighted by Gasteiger charge is -2.30. The summed E-state index contributed by atoms with van der Waals surface area (Å²) in [7, 11) is -2.53. The number of fused-ring (bicyclic) bond motifs is 3. The lowest BCUT2D eigenvalue weighted by atomic mass is 10.0. The molecule has 4 aliphatic rings. The molecule has 15 nitrogen and oxygen atoms in total. The summed E-state index contributed by atoms with van der Waals surface area (Å²) < 4.78 is 41.4. The fourth-order valence-electron chi connectivity index (χ4n) is 7.73. The third-order valence-corrected chi connectivity index (χ3v) is 13.5. The van der Waals surface area contributed by atoms with E-state index in [0.717, 1.165) is 28.5 Å². The lowest BCUT2D eigenvalue weighted by Crippen LogP contribution is -2.58. The number of benzene rings is 1. The van der Waals surface area contributed by atoms with E-state index >= 15 is 0 Å². The van der Waals surface area contributed by atoms with Gasteiger partial charge in [0.05, 0.1) is 30.2 Å². The summed E-state index contributed by atoms with van der Waals surface area (Å²) in [5.41, 5.74) is -1.70. The SMILES string of the molecule is COc1c(-c2cccc3sccc23)cnn(C2C[C@H]3C(=O)NC4(C(=O)NS(=O)(=O)C5CC5)C[C@H]4/C=C\CCCCC[C@H](NC(=O)OC(C)(C)C)C(=O)N3C2)c1=O. The molecule has 56 heavy (non-hydrogen) atoms. The van der Waals surface area contributed by atoms with Gasteiger partial charge in [0.25, 0.3) is 5.91 Å². The Morgan fingerprint density at radius 2 is 1.84 bits per heavy atom. The monoisotopic (exact) mass is 808 g/mol. The van der Waals surface area contributed by atoms with E-state index in [9.17, 15) is 32.4 Å². The van der Waals surface area contributed by atoms with Crippen molar-refractivity contribution in [2.75, 3.05) is 13.7 Å². The summed E-state index contributed by atoms with van der Waals surface area (Å²) >= 11 is 1.57. The molecule has 2 saturated carbocycles. The number of hydrogen-bond donors (Lipinski definition) is 3. The minimum Gasteiger partial charge on any atom is -0.491 e. The van der Waals surface area contributed by atoms with E-state index in [-0.39, 0.29) is 31.6 Å². The van der Waals surface area contributed by atoms with Crippen LogP contribution in [-0.4, -0.2) is 89.0 Å². The Hall–Kier alpha value is -4.77. The number of thiophene rings is 1. The fourth-order valence-corrected chi connectivity index (χ4v) is 9.91. The highest BCUT2D eigenvalue weighted by molar-refractivity contribution is 7.91. The highest BCUT2D eigenvalue weighted by Crippen LogP contribution is 2.46. The molecular formula is C39H48N6O9S2. The van der Waals surface area contributed by atoms with Crippen LogP contribution in [0, 0.1) is 5.92 Å². The number of rotatable bonds is 7. The smallest absolute Gasteiger partial charge is 0.408 e. The van der Waals surface area contributed by atoms with Gasteiger partial charge in [0.15, 0.2) is 5.75 Å². The molecule has 2 unspecified atom stereocenters. The minimum atomic E-state index is -3.93. The van der Waals surface area contributed by atoms with Crippen LogP contribution >= 0.6 is 11.3 Å². The van der Waals surface area contributed by atoms with Crippen molar-refractivity contribution in [2.24, 2.45) is 5.92 Å². The number of methoxy groups -OCH3 is 1. The van der Waals surface area contributed by atoms with Crippen molar-refractivity contribution >= 4 is 55.3 Å². The second kappa shape index (κ2) is 15.3. The molecule has 1 aromatic carbocycles. The van der Waals surface area contributed by atoms with Gasteiger partial charge < -0.3 is 25.0 Å². The molecule has 3 N–H and O–H groups in total. The molecular weight excluding hydrogens is 761 g/mol. The molecule has 0 radical (unpaired) electrons. The first-order valence-electron chi connectivity index (χ1n) is 19.1. The van der Waals surface area contributed by atoms with Gasteiger partial charge in [-0.25, -0.2) is 17.9 Å². The molecule has 2 aliphatic carbocycles. The molecule has 7 rings (SSSR count). The predicted octanol–water partition coefficient (Wildman–Crippen LogP) is 4.17. The fraction of sp³-hybridized carbons (Fsp3) is 0.538. The first-order chi connectivity index (χ1) is 26.6. The van der Waals surface area contributed by atoms with Gasteiger partial charge in [0, 0.05) is 29.0 Å². The van der Waals surface area contributed by atoms with Gasteiger partial charge >= 0.3 is 11.7 Å². The number of aromatic nitrogens is 2. The van der Waals surface area contributed by atoms with E-state index < -0.39 is 79.8 Å². The molecule has 2 aliphatic heterocycles. The number of allylic oxidation sites excluding steroid dienone is 1. The number of amides is 4. The highest BCUT2D eigenvalue weighted by Gasteiger charge is 2.62. The Bertz CT molecular complexity index is 2240. The standard InChI is InChI=1S/C39H48N6O9S2/c1-38(2,3)54-37(50)41-29-13-9-7-5-6-8-11-23-20-39(23,36(49)43-56(51,52)25-15-16-25)42-33(46)30-19-24(22-44(30)34(29)47)45-35(48)32(53-4)28(21-40-45)26-12-10-14-31-27(26)17-18-55-31/h8,10-12,14,17-18,21,23-25,29-30H,5-7,9,13,15-16,19-20,22H2,1-4H3,(H,41,50)(H,42,46)(H,43,49)/b11-8-/t23-,24?,29+,30+,39?/m1/s1. The Balaban J connectivity index is 1.24. The lowest BCUT2D eigenvalue weighted by molar-refractivity contribution is -0.141. The molecule has 5 atom stereocenters. The van der Waals surface area contributed by atoms with Gasteiger partial charge in [-0.2, -0.15) is 5.10 Å². The van der Waals surface area contributed by atoms with Crippen LogP contribution in [0.1, 0.15) is 84.6 Å². The van der Waals surface area contributed by atoms with Crippen molar-refractivity contribution in [3.8, 4) is 16.9 Å². The number of carbonyl (C=O) groups excluding carboxylic acids is 4. The maximum Gasteiger partial charge on any atom is 0.408 e. The van der Waals surface area contributed by atoms with Crippen molar-refractivity contribution in [1.82, 2.24) is 30.0 Å².